The summed E-state index contributed by atoms with van der Waals surface area (Å²) in [6, 6.07) is 0. The van der Waals surface area contributed by atoms with E-state index in [0.29, 0.717) is 0 Å². The van der Waals surface area contributed by atoms with Gasteiger partial charge in [-0.3, -0.25) is 10.7 Å². The number of nitrogens with zero attached hydrogens (tertiary/aromatic N) is 1. The smallest absolute Gasteiger partial charge is 0.0587 e. The van der Waals surface area contributed by atoms with Crippen molar-refractivity contribution in [2.45, 2.75) is 0 Å². The van der Waals surface area contributed by atoms with Gasteiger partial charge in [0.05, 0.1) is 5.70 Å². The Morgan fingerprint density at radius 1 is 1.60 bits per heavy atom. The average molecular weight is 138 g/mol. The van der Waals surface area contributed by atoms with E-state index in [1.807, 2.05) is 41.9 Å². The fraction of sp³-hybridized carbons (Fsp3) is 0.143. The molecule has 0 aliphatic carbocycles. The number of rotatable bonds is 1. The monoisotopic (exact) mass is 138 g/mol. The van der Waals surface area contributed by atoms with Gasteiger partial charge in [-0.15, -0.1) is 0 Å². The number of likely N-dealkylation sites (N-methyl/N-ethyl adjacent to an activating group) is 1. The van der Waals surface area contributed by atoms with Crippen LogP contribution in [0.15, 0.2) is 36.3 Å². The van der Waals surface area contributed by atoms with E-state index < -0.39 is 0 Å². The lowest BCUT2D eigenvalue weighted by Crippen LogP contribution is -2.13. The molecule has 1 aliphatic heterocycles. The van der Waals surface area contributed by atoms with Crippen LogP contribution in [0.1, 0.15) is 0 Å². The highest BCUT2D eigenvalue weighted by Crippen LogP contribution is 2.07. The second kappa shape index (κ2) is 3.08. The highest BCUT2D eigenvalue weighted by molar-refractivity contribution is 5.26. The summed E-state index contributed by atoms with van der Waals surface area (Å²) < 4.78 is 0. The lowest BCUT2D eigenvalue weighted by Gasteiger charge is -2.16. The summed E-state index contributed by atoms with van der Waals surface area (Å²) in [4.78, 5) is 1.89. The quantitative estimate of drug-likeness (QED) is 0.526. The minimum absolute atomic E-state index is 0.921. The van der Waals surface area contributed by atoms with Crippen molar-refractivity contribution in [3.8, 4) is 0 Å². The van der Waals surface area contributed by atoms with Crippen LogP contribution in [0.5, 0.6) is 0 Å². The lowest BCUT2D eigenvalue weighted by molar-refractivity contribution is 0.211. The maximum Gasteiger partial charge on any atom is 0.0587 e. The molecule has 0 spiro atoms. The van der Waals surface area contributed by atoms with Gasteiger partial charge in [0.1, 0.15) is 0 Å². The van der Waals surface area contributed by atoms with Gasteiger partial charge < -0.3 is 4.90 Å². The van der Waals surface area contributed by atoms with E-state index >= 15 is 0 Å². The number of allylic oxidation sites excluding steroid dienone is 3. The third-order valence-electron chi connectivity index (χ3n) is 1.31. The number of hydroxylamine groups is 1. The van der Waals surface area contributed by atoms with E-state index in [1.165, 1.54) is 6.20 Å². The maximum atomic E-state index is 8.33. The molecule has 1 aliphatic rings. The minimum atomic E-state index is 0.921. The first-order valence-electron chi connectivity index (χ1n) is 3.02. The number of hydrogen-bond acceptors (Lipinski definition) is 3. The Kier molecular flexibility index (Phi) is 2.12. The van der Waals surface area contributed by atoms with Crippen LogP contribution in [0, 0.1) is 0 Å². The van der Waals surface area contributed by atoms with E-state index in [9.17, 15) is 0 Å². The molecule has 0 saturated heterocycles. The molecule has 0 saturated carbocycles. The molecule has 1 heterocycles. The van der Waals surface area contributed by atoms with Gasteiger partial charge in [0, 0.05) is 19.4 Å². The summed E-state index contributed by atoms with van der Waals surface area (Å²) in [6.07, 6.45) is 9.14. The zero-order valence-corrected chi connectivity index (χ0v) is 5.78. The van der Waals surface area contributed by atoms with Crippen LogP contribution in [0.25, 0.3) is 0 Å². The zero-order chi connectivity index (χ0) is 7.40. The summed E-state index contributed by atoms with van der Waals surface area (Å²) in [5, 5.41) is 8.33. The van der Waals surface area contributed by atoms with Crippen molar-refractivity contribution in [2.75, 3.05) is 7.05 Å². The zero-order valence-electron chi connectivity index (χ0n) is 5.78. The van der Waals surface area contributed by atoms with Crippen LogP contribution in [0.2, 0.25) is 0 Å². The van der Waals surface area contributed by atoms with Gasteiger partial charge in [-0.05, 0) is 12.2 Å². The number of nitrogens with one attached hydrogen (secondary N) is 1. The van der Waals surface area contributed by atoms with Gasteiger partial charge in [0.2, 0.25) is 0 Å². The van der Waals surface area contributed by atoms with E-state index in [-0.39, 0.29) is 0 Å². The molecule has 0 aromatic carbocycles. The first-order chi connectivity index (χ1) is 4.84. The molecule has 10 heavy (non-hydrogen) atoms. The summed E-state index contributed by atoms with van der Waals surface area (Å²) in [5.74, 6) is 0. The van der Waals surface area contributed by atoms with Crippen LogP contribution < -0.4 is 5.48 Å². The third-order valence-corrected chi connectivity index (χ3v) is 1.31. The van der Waals surface area contributed by atoms with Crippen LogP contribution in [-0.4, -0.2) is 17.2 Å². The maximum absolute atomic E-state index is 8.33. The van der Waals surface area contributed by atoms with Gasteiger partial charge in [-0.2, -0.15) is 0 Å². The van der Waals surface area contributed by atoms with Crippen molar-refractivity contribution in [1.82, 2.24) is 10.4 Å². The molecule has 3 nitrogen and oxygen atoms in total. The molecule has 0 aromatic heterocycles. The Labute approximate surface area is 59.9 Å². The molecule has 0 atom stereocenters. The van der Waals surface area contributed by atoms with Crippen molar-refractivity contribution >= 4 is 0 Å². The van der Waals surface area contributed by atoms with Crippen molar-refractivity contribution in [2.24, 2.45) is 0 Å². The molecule has 0 bridgehead atoms. The van der Waals surface area contributed by atoms with Gasteiger partial charge in [0.15, 0.2) is 0 Å². The van der Waals surface area contributed by atoms with Crippen molar-refractivity contribution in [1.29, 1.82) is 0 Å². The fourth-order valence-corrected chi connectivity index (χ4v) is 0.753. The normalized spacial score (nSPS) is 20.2. The highest BCUT2D eigenvalue weighted by atomic mass is 16.5. The first kappa shape index (κ1) is 6.89. The molecule has 0 unspecified atom stereocenters. The minimum Gasteiger partial charge on any atom is -0.350 e. The van der Waals surface area contributed by atoms with E-state index in [1.54, 1.807) is 0 Å². The predicted octanol–water partition coefficient (Wildman–Crippen LogP) is 0.822. The molecule has 2 N–H and O–H groups in total. The average Bonchev–Trinajstić information content (AvgIpc) is 1.94. The Bertz CT molecular complexity index is 194. The van der Waals surface area contributed by atoms with Gasteiger partial charge in [0.25, 0.3) is 0 Å². The molecule has 1 rings (SSSR count). The van der Waals surface area contributed by atoms with Gasteiger partial charge in [-0.1, -0.05) is 6.08 Å². The predicted molar refractivity (Wildman–Crippen MR) is 39.0 cm³/mol. The van der Waals surface area contributed by atoms with Crippen molar-refractivity contribution in [3.63, 3.8) is 0 Å². The second-order valence-corrected chi connectivity index (χ2v) is 2.01. The molecule has 0 aromatic rings. The standard InChI is InChI=1S/C7H10N2O/c1-9-5-3-2-4-7(9)6-8-10/h2-6,8,10H,1H3/b7-6-. The molecule has 0 radical (unpaired) electrons. The highest BCUT2D eigenvalue weighted by Gasteiger charge is 1.97. The second-order valence-electron chi connectivity index (χ2n) is 2.01. The Balaban J connectivity index is 2.70. The summed E-state index contributed by atoms with van der Waals surface area (Å²) in [5.41, 5.74) is 2.90. The van der Waals surface area contributed by atoms with E-state index in [4.69, 9.17) is 5.21 Å². The topological polar surface area (TPSA) is 35.5 Å². The SMILES string of the molecule is CN1C=CC=C/C1=C/NO. The third kappa shape index (κ3) is 1.39. The summed E-state index contributed by atoms with van der Waals surface area (Å²) in [6.45, 7) is 0. The summed E-state index contributed by atoms with van der Waals surface area (Å²) >= 11 is 0. The first-order valence-corrected chi connectivity index (χ1v) is 3.02. The van der Waals surface area contributed by atoms with Crippen LogP contribution in [0.3, 0.4) is 0 Å². The molecule has 0 amide bonds. The van der Waals surface area contributed by atoms with Gasteiger partial charge >= 0.3 is 0 Å². The molecule has 3 heteroatoms. The largest absolute Gasteiger partial charge is 0.350 e. The summed E-state index contributed by atoms with van der Waals surface area (Å²) in [7, 11) is 1.91. The Morgan fingerprint density at radius 3 is 3.00 bits per heavy atom. The van der Waals surface area contributed by atoms with Crippen LogP contribution >= 0.6 is 0 Å². The lowest BCUT2D eigenvalue weighted by atomic mass is 10.3. The van der Waals surface area contributed by atoms with Crippen molar-refractivity contribution in [3.05, 3.63) is 36.3 Å². The molecular formula is C7H10N2O. The molecule has 0 fully saturated rings. The van der Waals surface area contributed by atoms with Crippen LogP contribution in [-0.2, 0) is 0 Å². The molecular weight excluding hydrogens is 128 g/mol. The van der Waals surface area contributed by atoms with E-state index in [0.717, 1.165) is 5.70 Å². The molecule has 54 valence electrons. The fourth-order valence-electron chi connectivity index (χ4n) is 0.753. The Hall–Kier alpha value is -1.22. The van der Waals surface area contributed by atoms with Gasteiger partial charge in [-0.25, -0.2) is 0 Å². The number of hydrogen-bond donors (Lipinski definition) is 2. The Morgan fingerprint density at radius 2 is 2.40 bits per heavy atom. The van der Waals surface area contributed by atoms with Crippen molar-refractivity contribution < 1.29 is 5.21 Å². The van der Waals surface area contributed by atoms with Crippen LogP contribution in [0.4, 0.5) is 0 Å². The van der Waals surface area contributed by atoms with E-state index in [2.05, 4.69) is 0 Å².